The first-order chi connectivity index (χ1) is 13.8. The molecule has 28 heavy (non-hydrogen) atoms. The van der Waals surface area contributed by atoms with Gasteiger partial charge in [0.25, 0.3) is 0 Å². The van der Waals surface area contributed by atoms with E-state index in [0.717, 1.165) is 0 Å². The van der Waals surface area contributed by atoms with Gasteiger partial charge in [-0.05, 0) is 69.8 Å². The van der Waals surface area contributed by atoms with Crippen LogP contribution >= 0.6 is 22.7 Å². The lowest BCUT2D eigenvalue weighted by molar-refractivity contribution is 1.84. The van der Waals surface area contributed by atoms with Crippen LogP contribution < -0.4 is 0 Å². The second-order valence-corrected chi connectivity index (χ2v) is 9.25. The minimum absolute atomic E-state index is 1.30. The van der Waals surface area contributed by atoms with E-state index in [4.69, 9.17) is 0 Å². The first-order valence-corrected chi connectivity index (χ1v) is 11.0. The molecular formula is C26H16S2. The summed E-state index contributed by atoms with van der Waals surface area (Å²) in [6, 6.07) is 35.2. The highest BCUT2D eigenvalue weighted by molar-refractivity contribution is 7.31. The van der Waals surface area contributed by atoms with Gasteiger partial charge in [0.05, 0.1) is 0 Å². The van der Waals surface area contributed by atoms with Gasteiger partial charge in [-0.3, -0.25) is 0 Å². The van der Waals surface area contributed by atoms with Gasteiger partial charge in [-0.1, -0.05) is 60.7 Å². The van der Waals surface area contributed by atoms with Gasteiger partial charge < -0.3 is 0 Å². The van der Waals surface area contributed by atoms with Crippen molar-refractivity contribution in [2.45, 2.75) is 0 Å². The van der Waals surface area contributed by atoms with E-state index in [-0.39, 0.29) is 0 Å². The van der Waals surface area contributed by atoms with Gasteiger partial charge in [-0.25, -0.2) is 0 Å². The van der Waals surface area contributed by atoms with Gasteiger partial charge >= 0.3 is 0 Å². The van der Waals surface area contributed by atoms with Crippen molar-refractivity contribution in [2.24, 2.45) is 0 Å². The van der Waals surface area contributed by atoms with E-state index in [9.17, 15) is 0 Å². The number of hydrogen-bond acceptors (Lipinski definition) is 2. The first kappa shape index (κ1) is 16.1. The normalized spacial score (nSPS) is 11.6. The monoisotopic (exact) mass is 392 g/mol. The Balaban J connectivity index is 1.41. The van der Waals surface area contributed by atoms with Gasteiger partial charge in [0.1, 0.15) is 0 Å². The summed E-state index contributed by atoms with van der Waals surface area (Å²) >= 11 is 3.79. The lowest BCUT2D eigenvalue weighted by Gasteiger charge is -1.90. The lowest BCUT2D eigenvalue weighted by atomic mass is 10.2. The second kappa shape index (κ2) is 6.30. The summed E-state index contributed by atoms with van der Waals surface area (Å²) in [6.45, 7) is 0. The molecule has 2 heteroatoms. The molecule has 0 nitrogen and oxygen atoms in total. The van der Waals surface area contributed by atoms with Crippen molar-refractivity contribution in [3.05, 3.63) is 97.1 Å². The highest BCUT2D eigenvalue weighted by Gasteiger charge is 2.14. The van der Waals surface area contributed by atoms with Crippen molar-refractivity contribution >= 4 is 32.1 Å². The van der Waals surface area contributed by atoms with Crippen LogP contribution in [0.2, 0.25) is 0 Å². The van der Waals surface area contributed by atoms with Crippen LogP contribution in [0.15, 0.2) is 97.1 Å². The van der Waals surface area contributed by atoms with Crippen LogP contribution in [0.3, 0.4) is 0 Å². The largest absolute Gasteiger partial charge is 0.134 e. The maximum absolute atomic E-state index is 2.35. The third-order valence-corrected chi connectivity index (χ3v) is 7.63. The summed E-state index contributed by atoms with van der Waals surface area (Å²) in [4.78, 5) is 2.71. The van der Waals surface area contributed by atoms with Crippen molar-refractivity contribution in [1.29, 1.82) is 0 Å². The number of hydrogen-bond donors (Lipinski definition) is 0. The summed E-state index contributed by atoms with van der Waals surface area (Å²) in [5.41, 5.74) is 7.84. The van der Waals surface area contributed by atoms with Crippen molar-refractivity contribution < 1.29 is 0 Å². The van der Waals surface area contributed by atoms with E-state index in [1.54, 1.807) is 0 Å². The zero-order valence-electron chi connectivity index (χ0n) is 15.1. The highest BCUT2D eigenvalue weighted by atomic mass is 32.1. The van der Waals surface area contributed by atoms with Crippen LogP contribution in [-0.2, 0) is 0 Å². The Morgan fingerprint density at radius 2 is 0.714 bits per heavy atom. The Hall–Kier alpha value is -2.94. The minimum Gasteiger partial charge on any atom is -0.134 e. The third kappa shape index (κ3) is 2.65. The number of fused-ring (bicyclic) bond motifs is 3. The van der Waals surface area contributed by atoms with Crippen molar-refractivity contribution in [3.8, 4) is 43.1 Å². The summed E-state index contributed by atoms with van der Waals surface area (Å²) in [5, 5.41) is 0. The first-order valence-electron chi connectivity index (χ1n) is 9.35. The molecule has 0 fully saturated rings. The molecule has 0 atom stereocenters. The molecule has 132 valence electrons. The van der Waals surface area contributed by atoms with Crippen LogP contribution in [0.4, 0.5) is 0 Å². The van der Waals surface area contributed by atoms with Crippen LogP contribution in [0.5, 0.6) is 0 Å². The van der Waals surface area contributed by atoms with Crippen LogP contribution in [-0.4, -0.2) is 0 Å². The van der Waals surface area contributed by atoms with Crippen molar-refractivity contribution in [1.82, 2.24) is 0 Å². The molecule has 0 N–H and O–H groups in total. The molecule has 6 rings (SSSR count). The van der Waals surface area contributed by atoms with Gasteiger partial charge in [0.15, 0.2) is 0 Å². The summed E-state index contributed by atoms with van der Waals surface area (Å²) < 4.78 is 2.75. The Morgan fingerprint density at radius 3 is 1.07 bits per heavy atom. The Kier molecular flexibility index (Phi) is 3.61. The van der Waals surface area contributed by atoms with Gasteiger partial charge in [0.2, 0.25) is 0 Å². The fourth-order valence-corrected chi connectivity index (χ4v) is 6.20. The van der Waals surface area contributed by atoms with Crippen molar-refractivity contribution in [2.75, 3.05) is 0 Å². The maximum atomic E-state index is 2.35. The van der Waals surface area contributed by atoms with E-state index in [1.807, 2.05) is 22.7 Å². The number of thiophene rings is 2. The predicted molar refractivity (Wildman–Crippen MR) is 124 cm³/mol. The zero-order chi connectivity index (χ0) is 18.5. The summed E-state index contributed by atoms with van der Waals surface area (Å²) in [5.74, 6) is 0. The van der Waals surface area contributed by atoms with Crippen molar-refractivity contribution in [3.63, 3.8) is 0 Å². The Bertz CT molecular complexity index is 1170. The smallest absolute Gasteiger partial charge is 0.0463 e. The molecule has 0 radical (unpaired) electrons. The quantitative estimate of drug-likeness (QED) is 0.277. The van der Waals surface area contributed by atoms with E-state index >= 15 is 0 Å². The zero-order valence-corrected chi connectivity index (χ0v) is 16.7. The lowest BCUT2D eigenvalue weighted by Crippen LogP contribution is -1.62. The standard InChI is InChI=1S/C26H16S2/c1-3-7-17-11-21(12-18(17)8-4-1)23-15-25-26(27-23)16-24(28-25)22-13-19-9-5-2-6-10-20(19)14-22/h1-16H. The van der Waals surface area contributed by atoms with Crippen LogP contribution in [0.1, 0.15) is 0 Å². The van der Waals surface area contributed by atoms with Gasteiger partial charge in [0, 0.05) is 19.2 Å². The Morgan fingerprint density at radius 1 is 0.357 bits per heavy atom. The van der Waals surface area contributed by atoms with E-state index in [0.29, 0.717) is 0 Å². The van der Waals surface area contributed by atoms with E-state index in [1.165, 1.54) is 52.5 Å². The minimum atomic E-state index is 1.30. The van der Waals surface area contributed by atoms with Gasteiger partial charge in [-0.2, -0.15) is 0 Å². The fourth-order valence-electron chi connectivity index (χ4n) is 3.83. The molecule has 4 aliphatic carbocycles. The predicted octanol–water partition coefficient (Wildman–Crippen LogP) is 8.51. The molecule has 0 bridgehead atoms. The molecule has 4 aliphatic rings. The van der Waals surface area contributed by atoms with E-state index < -0.39 is 0 Å². The van der Waals surface area contributed by atoms with E-state index in [2.05, 4.69) is 97.1 Å². The topological polar surface area (TPSA) is 0 Å². The SMILES string of the molecule is c1ccc2cc(-c3cc4sc(-c5cc6cccccc-6c5)cc4s3)cc-2cc1. The maximum Gasteiger partial charge on any atom is 0.0463 e. The molecule has 2 heterocycles. The molecule has 2 aromatic rings. The molecule has 0 unspecified atom stereocenters. The highest BCUT2D eigenvalue weighted by Crippen LogP contribution is 2.44. The summed E-state index contributed by atoms with van der Waals surface area (Å²) in [7, 11) is 0. The molecule has 0 spiro atoms. The molecule has 0 saturated heterocycles. The fraction of sp³-hybridized carbons (Fsp3) is 0. The molecule has 0 saturated carbocycles. The molecule has 0 amide bonds. The Labute approximate surface area is 172 Å². The second-order valence-electron chi connectivity index (χ2n) is 7.08. The van der Waals surface area contributed by atoms with Crippen LogP contribution in [0, 0.1) is 0 Å². The average molecular weight is 393 g/mol. The van der Waals surface area contributed by atoms with Crippen LogP contribution in [0.25, 0.3) is 52.5 Å². The molecule has 0 aromatic carbocycles. The third-order valence-electron chi connectivity index (χ3n) is 5.23. The average Bonchev–Trinajstić information content (AvgIpc) is 3.40. The summed E-state index contributed by atoms with van der Waals surface area (Å²) in [6.07, 6.45) is 0. The number of rotatable bonds is 2. The van der Waals surface area contributed by atoms with Gasteiger partial charge in [-0.15, -0.1) is 22.7 Å². The molecular weight excluding hydrogens is 376 g/mol. The molecule has 0 aliphatic heterocycles. The molecule has 2 aromatic heterocycles.